The number of hydrogen-bond acceptors (Lipinski definition) is 4. The van der Waals surface area contributed by atoms with E-state index in [0.29, 0.717) is 22.6 Å². The van der Waals surface area contributed by atoms with E-state index in [1.807, 2.05) is 48.5 Å². The molecule has 6 rings (SSSR count). The number of aromatic amines is 1. The molecular weight excluding hydrogens is 537 g/mol. The second-order valence-corrected chi connectivity index (χ2v) is 9.61. The number of pyridine rings is 1. The average molecular weight is 556 g/mol. The first-order chi connectivity index (χ1) is 18.0. The Hall–Kier alpha value is -4.30. The molecule has 2 aromatic heterocycles. The second kappa shape index (κ2) is 9.29. The molecule has 0 saturated heterocycles. The second-order valence-electron chi connectivity index (χ2n) is 8.70. The first kappa shape index (κ1) is 23.1. The minimum absolute atomic E-state index is 0.267. The first-order valence-corrected chi connectivity index (χ1v) is 12.4. The fourth-order valence-corrected chi connectivity index (χ4v) is 5.08. The number of hydrazone groups is 1. The molecule has 0 saturated carbocycles. The van der Waals surface area contributed by atoms with Gasteiger partial charge in [-0.05, 0) is 60.2 Å². The molecule has 182 valence electrons. The number of benzene rings is 3. The lowest BCUT2D eigenvalue weighted by Crippen LogP contribution is -2.26. The van der Waals surface area contributed by atoms with Crippen molar-refractivity contribution < 1.29 is 13.6 Å². The summed E-state index contributed by atoms with van der Waals surface area (Å²) < 4.78 is 20.0. The summed E-state index contributed by atoms with van der Waals surface area (Å²) in [4.78, 5) is 30.0. The van der Waals surface area contributed by atoms with Gasteiger partial charge in [0.05, 0.1) is 17.5 Å². The Morgan fingerprint density at radius 2 is 1.78 bits per heavy atom. The summed E-state index contributed by atoms with van der Waals surface area (Å²) in [6.45, 7) is 0. The molecule has 0 radical (unpaired) electrons. The van der Waals surface area contributed by atoms with Crippen molar-refractivity contribution in [1.29, 1.82) is 0 Å². The van der Waals surface area contributed by atoms with Gasteiger partial charge in [-0.3, -0.25) is 9.59 Å². The quantitative estimate of drug-likeness (QED) is 0.268. The van der Waals surface area contributed by atoms with Crippen molar-refractivity contribution in [3.8, 4) is 11.1 Å². The molecule has 1 aliphatic heterocycles. The number of nitrogens with one attached hydrogen (secondary N) is 1. The van der Waals surface area contributed by atoms with Crippen LogP contribution in [0.4, 0.5) is 4.39 Å². The zero-order chi connectivity index (χ0) is 25.5. The summed E-state index contributed by atoms with van der Waals surface area (Å²) in [7, 11) is 0. The van der Waals surface area contributed by atoms with Crippen LogP contribution < -0.4 is 5.56 Å². The van der Waals surface area contributed by atoms with Crippen molar-refractivity contribution >= 4 is 38.5 Å². The van der Waals surface area contributed by atoms with Crippen LogP contribution in [-0.2, 0) is 0 Å². The van der Waals surface area contributed by atoms with Gasteiger partial charge < -0.3 is 9.40 Å². The standard InChI is InChI=1S/C29H19BrFN3O3/c30-19-10-13-22-21(15-19)26(17-5-2-1-3-6-17)27(28(35)32-22)23-16-24(25-7-4-14-37-25)34(33-23)29(36)18-8-11-20(31)12-9-18/h1-15,24H,16H2,(H,32,35). The number of nitrogens with zero attached hydrogens (tertiary/aromatic N) is 2. The van der Waals surface area contributed by atoms with Crippen LogP contribution in [0.5, 0.6) is 0 Å². The van der Waals surface area contributed by atoms with E-state index in [-0.39, 0.29) is 17.5 Å². The molecule has 1 atom stereocenters. The van der Waals surface area contributed by atoms with Crippen LogP contribution in [0.2, 0.25) is 0 Å². The predicted molar refractivity (Wildman–Crippen MR) is 143 cm³/mol. The maximum absolute atomic E-state index is 13.6. The van der Waals surface area contributed by atoms with Crippen LogP contribution in [0.3, 0.4) is 0 Å². The van der Waals surface area contributed by atoms with Crippen LogP contribution in [-0.4, -0.2) is 21.6 Å². The fourth-order valence-electron chi connectivity index (χ4n) is 4.72. The summed E-state index contributed by atoms with van der Waals surface area (Å²) in [5.41, 5.74) is 3.10. The SMILES string of the molecule is O=C(c1ccc(F)cc1)N1N=C(c2c(-c3ccccc3)c3cc(Br)ccc3[nH]c2=O)CC1c1ccco1. The molecule has 0 aliphatic carbocycles. The number of aromatic nitrogens is 1. The molecule has 8 heteroatoms. The van der Waals surface area contributed by atoms with Gasteiger partial charge in [0.15, 0.2) is 0 Å². The molecule has 1 amide bonds. The molecule has 1 unspecified atom stereocenters. The van der Waals surface area contributed by atoms with E-state index in [9.17, 15) is 14.0 Å². The normalized spacial score (nSPS) is 15.2. The molecule has 1 N–H and O–H groups in total. The number of carbonyl (C=O) groups excluding carboxylic acids is 1. The molecule has 5 aromatic rings. The maximum Gasteiger partial charge on any atom is 0.274 e. The number of hydrogen-bond donors (Lipinski definition) is 1. The molecule has 0 spiro atoms. The van der Waals surface area contributed by atoms with Gasteiger partial charge in [0.25, 0.3) is 11.5 Å². The van der Waals surface area contributed by atoms with Crippen LogP contribution in [0.25, 0.3) is 22.0 Å². The Kier molecular flexibility index (Phi) is 5.81. The Bertz CT molecular complexity index is 1710. The van der Waals surface area contributed by atoms with E-state index in [4.69, 9.17) is 4.42 Å². The highest BCUT2D eigenvalue weighted by Crippen LogP contribution is 2.38. The number of furan rings is 1. The molecule has 6 nitrogen and oxygen atoms in total. The van der Waals surface area contributed by atoms with E-state index in [1.165, 1.54) is 35.5 Å². The average Bonchev–Trinajstić information content (AvgIpc) is 3.59. The van der Waals surface area contributed by atoms with Gasteiger partial charge in [-0.25, -0.2) is 9.40 Å². The minimum atomic E-state index is -0.566. The van der Waals surface area contributed by atoms with Gasteiger partial charge >= 0.3 is 0 Å². The monoisotopic (exact) mass is 555 g/mol. The van der Waals surface area contributed by atoms with Crippen molar-refractivity contribution in [3.05, 3.63) is 129 Å². The van der Waals surface area contributed by atoms with E-state index in [0.717, 1.165) is 21.0 Å². The third-order valence-electron chi connectivity index (χ3n) is 6.41. The highest BCUT2D eigenvalue weighted by atomic mass is 79.9. The highest BCUT2D eigenvalue weighted by Gasteiger charge is 2.37. The van der Waals surface area contributed by atoms with Gasteiger partial charge in [-0.2, -0.15) is 5.10 Å². The van der Waals surface area contributed by atoms with E-state index >= 15 is 0 Å². The Morgan fingerprint density at radius 3 is 2.51 bits per heavy atom. The van der Waals surface area contributed by atoms with Gasteiger partial charge in [0.2, 0.25) is 0 Å². The molecular formula is C29H19BrFN3O3. The van der Waals surface area contributed by atoms with Crippen molar-refractivity contribution in [2.45, 2.75) is 12.5 Å². The number of amides is 1. The Morgan fingerprint density at radius 1 is 1.00 bits per heavy atom. The van der Waals surface area contributed by atoms with Crippen molar-refractivity contribution in [2.75, 3.05) is 0 Å². The van der Waals surface area contributed by atoms with Crippen LogP contribution in [0, 0.1) is 5.82 Å². The third-order valence-corrected chi connectivity index (χ3v) is 6.90. The van der Waals surface area contributed by atoms with Crippen LogP contribution in [0.15, 0.2) is 110 Å². The first-order valence-electron chi connectivity index (χ1n) is 11.6. The van der Waals surface area contributed by atoms with Crippen LogP contribution in [0.1, 0.15) is 34.1 Å². The fraction of sp³-hybridized carbons (Fsp3) is 0.0690. The lowest BCUT2D eigenvalue weighted by Gasteiger charge is -2.19. The van der Waals surface area contributed by atoms with Gasteiger partial charge in [0.1, 0.15) is 17.6 Å². The van der Waals surface area contributed by atoms with Crippen LogP contribution >= 0.6 is 15.9 Å². The van der Waals surface area contributed by atoms with Crippen molar-refractivity contribution in [2.24, 2.45) is 5.10 Å². The van der Waals surface area contributed by atoms with Gasteiger partial charge in [-0.1, -0.05) is 46.3 Å². The summed E-state index contributed by atoms with van der Waals surface area (Å²) >= 11 is 3.55. The Labute approximate surface area is 219 Å². The largest absolute Gasteiger partial charge is 0.467 e. The van der Waals surface area contributed by atoms with E-state index in [2.05, 4.69) is 26.0 Å². The van der Waals surface area contributed by atoms with E-state index in [1.54, 1.807) is 12.1 Å². The number of rotatable bonds is 4. The number of fused-ring (bicyclic) bond motifs is 1. The summed E-state index contributed by atoms with van der Waals surface area (Å²) in [5, 5.41) is 6.85. The Balaban J connectivity index is 1.56. The maximum atomic E-state index is 13.6. The molecule has 3 heterocycles. The van der Waals surface area contributed by atoms with Crippen molar-refractivity contribution in [1.82, 2.24) is 9.99 Å². The zero-order valence-corrected chi connectivity index (χ0v) is 20.9. The van der Waals surface area contributed by atoms with Gasteiger partial charge in [-0.15, -0.1) is 0 Å². The summed E-state index contributed by atoms with van der Waals surface area (Å²) in [6, 6.07) is 23.5. The summed E-state index contributed by atoms with van der Waals surface area (Å²) in [5.74, 6) is -0.320. The number of H-pyrrole nitrogens is 1. The lowest BCUT2D eigenvalue weighted by molar-refractivity contribution is 0.0693. The zero-order valence-electron chi connectivity index (χ0n) is 19.3. The predicted octanol–water partition coefficient (Wildman–Crippen LogP) is 6.68. The number of carbonyl (C=O) groups is 1. The molecule has 0 fully saturated rings. The topological polar surface area (TPSA) is 78.7 Å². The number of halogens is 2. The van der Waals surface area contributed by atoms with Gasteiger partial charge in [0, 0.05) is 32.9 Å². The highest BCUT2D eigenvalue weighted by molar-refractivity contribution is 9.10. The van der Waals surface area contributed by atoms with Crippen molar-refractivity contribution in [3.63, 3.8) is 0 Å². The molecule has 0 bridgehead atoms. The molecule has 37 heavy (non-hydrogen) atoms. The minimum Gasteiger partial charge on any atom is -0.467 e. The third kappa shape index (κ3) is 4.19. The summed E-state index contributed by atoms with van der Waals surface area (Å²) in [6.07, 6.45) is 1.80. The lowest BCUT2D eigenvalue weighted by atomic mass is 9.92. The molecule has 1 aliphatic rings. The van der Waals surface area contributed by atoms with E-state index < -0.39 is 17.8 Å². The smallest absolute Gasteiger partial charge is 0.274 e. The molecule has 3 aromatic carbocycles.